The fraction of sp³-hybridized carbons (Fsp3) is 0.321. The topological polar surface area (TPSA) is 66.5 Å². The van der Waals surface area contributed by atoms with E-state index in [9.17, 15) is 13.2 Å². The lowest BCUT2D eigenvalue weighted by Gasteiger charge is -2.25. The Bertz CT molecular complexity index is 1250. The van der Waals surface area contributed by atoms with Crippen LogP contribution in [-0.4, -0.2) is 20.9 Å². The summed E-state index contributed by atoms with van der Waals surface area (Å²) in [7, 11) is -3.94. The first-order valence-corrected chi connectivity index (χ1v) is 13.0. The SMILES string of the molecule is Cc1ccc(S(=O)(=O)N(CC(=O)NC(C)c2ccc(C)c(C)c2)c2ccc(C(C)C)cc2)cc1. The molecule has 0 heterocycles. The molecule has 6 heteroatoms. The first-order valence-electron chi connectivity index (χ1n) is 11.5. The van der Waals surface area contributed by atoms with Crippen LogP contribution in [0.3, 0.4) is 0 Å². The van der Waals surface area contributed by atoms with Crippen molar-refractivity contribution >= 4 is 21.6 Å². The number of nitrogens with one attached hydrogen (secondary N) is 1. The number of aryl methyl sites for hydroxylation is 3. The van der Waals surface area contributed by atoms with Crippen molar-refractivity contribution in [2.75, 3.05) is 10.8 Å². The van der Waals surface area contributed by atoms with Crippen molar-refractivity contribution in [3.05, 3.63) is 94.5 Å². The molecule has 0 saturated carbocycles. The van der Waals surface area contributed by atoms with Gasteiger partial charge in [-0.1, -0.05) is 61.9 Å². The Kier molecular flexibility index (Phi) is 7.82. The quantitative estimate of drug-likeness (QED) is 0.444. The van der Waals surface area contributed by atoms with Gasteiger partial charge in [-0.3, -0.25) is 9.10 Å². The van der Waals surface area contributed by atoms with Gasteiger partial charge in [0.1, 0.15) is 6.54 Å². The summed E-state index contributed by atoms with van der Waals surface area (Å²) in [5.74, 6) is -0.0485. The maximum atomic E-state index is 13.6. The van der Waals surface area contributed by atoms with E-state index in [2.05, 4.69) is 19.2 Å². The van der Waals surface area contributed by atoms with Gasteiger partial charge in [0.25, 0.3) is 10.0 Å². The van der Waals surface area contributed by atoms with Crippen molar-refractivity contribution in [3.63, 3.8) is 0 Å². The molecule has 0 fully saturated rings. The first-order chi connectivity index (χ1) is 16.0. The Hall–Kier alpha value is -3.12. The van der Waals surface area contributed by atoms with Crippen LogP contribution in [0.15, 0.2) is 71.6 Å². The van der Waals surface area contributed by atoms with Crippen molar-refractivity contribution in [2.45, 2.75) is 58.4 Å². The van der Waals surface area contributed by atoms with E-state index in [0.717, 1.165) is 22.3 Å². The number of benzene rings is 3. The molecule has 1 amide bonds. The number of amides is 1. The summed E-state index contributed by atoms with van der Waals surface area (Å²) in [6, 6.07) is 19.8. The minimum Gasteiger partial charge on any atom is -0.348 e. The van der Waals surface area contributed by atoms with Gasteiger partial charge in [-0.05, 0) is 80.1 Å². The van der Waals surface area contributed by atoms with Crippen LogP contribution in [-0.2, 0) is 14.8 Å². The van der Waals surface area contributed by atoms with Gasteiger partial charge in [-0.2, -0.15) is 0 Å². The summed E-state index contributed by atoms with van der Waals surface area (Å²) >= 11 is 0. The van der Waals surface area contributed by atoms with Crippen LogP contribution >= 0.6 is 0 Å². The second kappa shape index (κ2) is 10.4. The number of hydrogen-bond donors (Lipinski definition) is 1. The van der Waals surface area contributed by atoms with E-state index in [1.54, 1.807) is 36.4 Å². The average Bonchev–Trinajstić information content (AvgIpc) is 2.79. The first kappa shape index (κ1) is 25.5. The Morgan fingerprint density at radius 2 is 1.41 bits per heavy atom. The molecule has 0 aliphatic carbocycles. The number of rotatable bonds is 8. The fourth-order valence-electron chi connectivity index (χ4n) is 3.71. The van der Waals surface area contributed by atoms with E-state index < -0.39 is 10.0 Å². The second-order valence-electron chi connectivity index (χ2n) is 9.20. The predicted octanol–water partition coefficient (Wildman–Crippen LogP) is 5.81. The summed E-state index contributed by atoms with van der Waals surface area (Å²) in [6.45, 7) is 11.7. The van der Waals surface area contributed by atoms with Crippen LogP contribution in [0.1, 0.15) is 60.5 Å². The molecule has 1 N–H and O–H groups in total. The molecule has 3 rings (SSSR count). The monoisotopic (exact) mass is 478 g/mol. The van der Waals surface area contributed by atoms with Gasteiger partial charge >= 0.3 is 0 Å². The molecule has 0 aromatic heterocycles. The third kappa shape index (κ3) is 5.86. The highest BCUT2D eigenvalue weighted by Gasteiger charge is 2.28. The highest BCUT2D eigenvalue weighted by Crippen LogP contribution is 2.26. The molecule has 0 aliphatic rings. The summed E-state index contributed by atoms with van der Waals surface area (Å²) in [5, 5.41) is 2.96. The van der Waals surface area contributed by atoms with E-state index in [-0.39, 0.29) is 23.4 Å². The van der Waals surface area contributed by atoms with Crippen LogP contribution in [0.5, 0.6) is 0 Å². The number of carbonyl (C=O) groups is 1. The van der Waals surface area contributed by atoms with Gasteiger partial charge in [0.15, 0.2) is 0 Å². The van der Waals surface area contributed by atoms with Crippen LogP contribution in [0.25, 0.3) is 0 Å². The van der Waals surface area contributed by atoms with Gasteiger partial charge in [0, 0.05) is 0 Å². The number of carbonyl (C=O) groups excluding carboxylic acids is 1. The molecule has 1 unspecified atom stereocenters. The lowest BCUT2D eigenvalue weighted by Crippen LogP contribution is -2.41. The fourth-order valence-corrected chi connectivity index (χ4v) is 5.13. The zero-order valence-electron chi connectivity index (χ0n) is 20.8. The molecule has 3 aromatic rings. The third-order valence-electron chi connectivity index (χ3n) is 6.15. The van der Waals surface area contributed by atoms with E-state index in [0.29, 0.717) is 11.6 Å². The van der Waals surface area contributed by atoms with Gasteiger partial charge in [-0.25, -0.2) is 8.42 Å². The Balaban J connectivity index is 1.90. The maximum Gasteiger partial charge on any atom is 0.264 e. The molecule has 0 radical (unpaired) electrons. The van der Waals surface area contributed by atoms with Crippen LogP contribution in [0, 0.1) is 20.8 Å². The molecule has 0 aliphatic heterocycles. The van der Waals surface area contributed by atoms with E-state index >= 15 is 0 Å². The minimum absolute atomic E-state index is 0.154. The maximum absolute atomic E-state index is 13.6. The molecule has 0 bridgehead atoms. The number of nitrogens with zero attached hydrogens (tertiary/aromatic N) is 1. The molecule has 1 atom stereocenters. The predicted molar refractivity (Wildman–Crippen MR) is 139 cm³/mol. The molecule has 5 nitrogen and oxygen atoms in total. The summed E-state index contributed by atoms with van der Waals surface area (Å²) in [4.78, 5) is 13.2. The second-order valence-corrected chi connectivity index (χ2v) is 11.1. The van der Waals surface area contributed by atoms with Gasteiger partial charge in [0.2, 0.25) is 5.91 Å². The zero-order chi connectivity index (χ0) is 25.0. The van der Waals surface area contributed by atoms with Gasteiger partial charge in [-0.15, -0.1) is 0 Å². The van der Waals surface area contributed by atoms with Crippen molar-refractivity contribution in [1.29, 1.82) is 0 Å². The van der Waals surface area contributed by atoms with Crippen molar-refractivity contribution < 1.29 is 13.2 Å². The lowest BCUT2D eigenvalue weighted by atomic mass is 10.0. The smallest absolute Gasteiger partial charge is 0.264 e. The van der Waals surface area contributed by atoms with Crippen molar-refractivity contribution in [1.82, 2.24) is 5.32 Å². The Morgan fingerprint density at radius 1 is 0.824 bits per heavy atom. The van der Waals surface area contributed by atoms with E-state index in [4.69, 9.17) is 0 Å². The Morgan fingerprint density at radius 3 is 1.97 bits per heavy atom. The van der Waals surface area contributed by atoms with Gasteiger partial charge in [0.05, 0.1) is 16.6 Å². The number of sulfonamides is 1. The molecular formula is C28H34N2O3S. The molecular weight excluding hydrogens is 444 g/mol. The van der Waals surface area contributed by atoms with Crippen LogP contribution < -0.4 is 9.62 Å². The molecule has 34 heavy (non-hydrogen) atoms. The van der Waals surface area contributed by atoms with Crippen molar-refractivity contribution in [3.8, 4) is 0 Å². The van der Waals surface area contributed by atoms with Crippen LogP contribution in [0.2, 0.25) is 0 Å². The lowest BCUT2D eigenvalue weighted by molar-refractivity contribution is -0.120. The largest absolute Gasteiger partial charge is 0.348 e. The van der Waals surface area contributed by atoms with E-state index in [1.165, 1.54) is 9.87 Å². The highest BCUT2D eigenvalue weighted by atomic mass is 32.2. The molecule has 0 saturated heterocycles. The highest BCUT2D eigenvalue weighted by molar-refractivity contribution is 7.92. The molecule has 3 aromatic carbocycles. The molecule has 0 spiro atoms. The van der Waals surface area contributed by atoms with Gasteiger partial charge < -0.3 is 5.32 Å². The standard InChI is InChI=1S/C28H34N2O3S/c1-19(2)24-11-13-26(14-12-24)30(34(32,33)27-15-7-20(3)8-16-27)18-28(31)29-23(6)25-10-9-21(4)22(5)17-25/h7-17,19,23H,18H2,1-6H3,(H,29,31). The zero-order valence-corrected chi connectivity index (χ0v) is 21.6. The summed E-state index contributed by atoms with van der Waals surface area (Å²) in [6.07, 6.45) is 0. The van der Waals surface area contributed by atoms with E-state index in [1.807, 2.05) is 58.0 Å². The van der Waals surface area contributed by atoms with Crippen LogP contribution in [0.4, 0.5) is 5.69 Å². The average molecular weight is 479 g/mol. The minimum atomic E-state index is -3.94. The third-order valence-corrected chi connectivity index (χ3v) is 7.94. The van der Waals surface area contributed by atoms with Crippen molar-refractivity contribution in [2.24, 2.45) is 0 Å². The summed E-state index contributed by atoms with van der Waals surface area (Å²) in [5.41, 5.74) is 5.83. The number of hydrogen-bond acceptors (Lipinski definition) is 3. The summed E-state index contributed by atoms with van der Waals surface area (Å²) < 4.78 is 28.3. The number of anilines is 1. The Labute approximate surface area is 203 Å². The molecule has 180 valence electrons. The normalized spacial score (nSPS) is 12.4.